The molecule has 0 aromatic rings. The van der Waals surface area contributed by atoms with Crippen molar-refractivity contribution in [3.8, 4) is 0 Å². The molecular weight excluding hydrogens is 294 g/mol. The average Bonchev–Trinajstić information content (AvgIpc) is 2.43. The van der Waals surface area contributed by atoms with Gasteiger partial charge in [-0.1, -0.05) is 13.8 Å². The van der Waals surface area contributed by atoms with Crippen LogP contribution in [0.25, 0.3) is 0 Å². The number of hydrogen-bond donors (Lipinski definition) is 1. The third kappa shape index (κ3) is 6.24. The van der Waals surface area contributed by atoms with E-state index in [4.69, 9.17) is 9.47 Å². The Morgan fingerprint density at radius 1 is 1.17 bits per heavy atom. The Kier molecular flexibility index (Phi) is 7.10. The summed E-state index contributed by atoms with van der Waals surface area (Å²) >= 11 is 0. The van der Waals surface area contributed by atoms with Crippen molar-refractivity contribution in [1.82, 2.24) is 5.32 Å². The highest BCUT2D eigenvalue weighted by Gasteiger charge is 2.30. The van der Waals surface area contributed by atoms with Gasteiger partial charge >= 0.3 is 11.9 Å². The Labute approximate surface area is 139 Å². The van der Waals surface area contributed by atoms with Gasteiger partial charge in [-0.15, -0.1) is 0 Å². The van der Waals surface area contributed by atoms with E-state index in [9.17, 15) is 9.59 Å². The fourth-order valence-electron chi connectivity index (χ4n) is 2.56. The zero-order valence-electron chi connectivity index (χ0n) is 15.3. The summed E-state index contributed by atoms with van der Waals surface area (Å²) in [5.41, 5.74) is 0.975. The van der Waals surface area contributed by atoms with Crippen molar-refractivity contribution in [3.63, 3.8) is 0 Å². The SMILES string of the molecule is CCOC(=O)C1=C(N[C@@H](C(=O)OC(C)(C)C)C(C)C)CCCC1. The Morgan fingerprint density at radius 2 is 1.78 bits per heavy atom. The summed E-state index contributed by atoms with van der Waals surface area (Å²) in [6, 6.07) is -0.466. The number of hydrogen-bond acceptors (Lipinski definition) is 5. The summed E-state index contributed by atoms with van der Waals surface area (Å²) in [6.07, 6.45) is 3.43. The largest absolute Gasteiger partial charge is 0.463 e. The molecule has 23 heavy (non-hydrogen) atoms. The Hall–Kier alpha value is -1.52. The van der Waals surface area contributed by atoms with Gasteiger partial charge in [0.05, 0.1) is 12.2 Å². The lowest BCUT2D eigenvalue weighted by molar-refractivity contribution is -0.158. The molecule has 0 aromatic carbocycles. The predicted octanol–water partition coefficient (Wildman–Crippen LogP) is 3.33. The lowest BCUT2D eigenvalue weighted by atomic mass is 9.94. The summed E-state index contributed by atoms with van der Waals surface area (Å²) < 4.78 is 10.6. The van der Waals surface area contributed by atoms with E-state index >= 15 is 0 Å². The molecule has 0 radical (unpaired) electrons. The summed E-state index contributed by atoms with van der Waals surface area (Å²) in [5.74, 6) is -0.502. The Balaban J connectivity index is 2.96. The minimum atomic E-state index is -0.531. The van der Waals surface area contributed by atoms with Crippen molar-refractivity contribution in [2.75, 3.05) is 6.61 Å². The van der Waals surface area contributed by atoms with Crippen LogP contribution in [0.5, 0.6) is 0 Å². The van der Waals surface area contributed by atoms with Gasteiger partial charge in [-0.25, -0.2) is 9.59 Å². The van der Waals surface area contributed by atoms with Crippen LogP contribution < -0.4 is 5.32 Å². The number of ether oxygens (including phenoxy) is 2. The number of allylic oxidation sites excluding steroid dienone is 1. The second kappa shape index (κ2) is 8.37. The summed E-state index contributed by atoms with van der Waals surface area (Å²) in [6.45, 7) is 11.6. The van der Waals surface area contributed by atoms with Crippen LogP contribution in [-0.4, -0.2) is 30.2 Å². The van der Waals surface area contributed by atoms with Crippen molar-refractivity contribution in [1.29, 1.82) is 0 Å². The molecular formula is C18H31NO4. The van der Waals surface area contributed by atoms with Crippen molar-refractivity contribution in [2.24, 2.45) is 5.92 Å². The minimum absolute atomic E-state index is 0.0581. The number of nitrogens with one attached hydrogen (secondary N) is 1. The zero-order chi connectivity index (χ0) is 17.6. The van der Waals surface area contributed by atoms with E-state index in [0.29, 0.717) is 18.6 Å². The van der Waals surface area contributed by atoms with Gasteiger partial charge in [-0.2, -0.15) is 0 Å². The smallest absolute Gasteiger partial charge is 0.335 e. The van der Waals surface area contributed by atoms with Gasteiger partial charge in [0.15, 0.2) is 0 Å². The molecule has 1 aliphatic carbocycles. The molecule has 1 aliphatic rings. The normalized spacial score (nSPS) is 17.0. The molecule has 0 saturated heterocycles. The number of esters is 2. The first-order valence-electron chi connectivity index (χ1n) is 8.54. The molecule has 5 heteroatoms. The molecule has 0 unspecified atom stereocenters. The Bertz CT molecular complexity index is 460. The van der Waals surface area contributed by atoms with E-state index in [1.165, 1.54) is 0 Å². The third-order valence-corrected chi connectivity index (χ3v) is 3.65. The standard InChI is InChI=1S/C18H31NO4/c1-7-22-16(20)13-10-8-9-11-14(13)19-15(12(2)3)17(21)23-18(4,5)6/h12,15,19H,7-11H2,1-6H3/t15-/m1/s1. The minimum Gasteiger partial charge on any atom is -0.463 e. The predicted molar refractivity (Wildman–Crippen MR) is 89.7 cm³/mol. The fraction of sp³-hybridized carbons (Fsp3) is 0.778. The van der Waals surface area contributed by atoms with Crippen LogP contribution in [-0.2, 0) is 19.1 Å². The van der Waals surface area contributed by atoms with Gasteiger partial charge < -0.3 is 14.8 Å². The second-order valence-corrected chi connectivity index (χ2v) is 7.28. The van der Waals surface area contributed by atoms with Crippen LogP contribution in [0.4, 0.5) is 0 Å². The molecule has 1 N–H and O–H groups in total. The molecule has 1 atom stereocenters. The van der Waals surface area contributed by atoms with E-state index in [-0.39, 0.29) is 17.9 Å². The van der Waals surface area contributed by atoms with Crippen molar-refractivity contribution >= 4 is 11.9 Å². The summed E-state index contributed by atoms with van der Waals surface area (Å²) in [4.78, 5) is 24.6. The van der Waals surface area contributed by atoms with Crippen LogP contribution in [0, 0.1) is 5.92 Å². The molecule has 0 fully saturated rings. The van der Waals surface area contributed by atoms with Gasteiger partial charge in [0.25, 0.3) is 0 Å². The third-order valence-electron chi connectivity index (χ3n) is 3.65. The first kappa shape index (κ1) is 19.5. The van der Waals surface area contributed by atoms with Crippen LogP contribution in [0.1, 0.15) is 67.2 Å². The van der Waals surface area contributed by atoms with E-state index in [2.05, 4.69) is 5.32 Å². The van der Waals surface area contributed by atoms with Gasteiger partial charge in [-0.05, 0) is 59.3 Å². The number of carbonyl (C=O) groups is 2. The first-order chi connectivity index (χ1) is 10.7. The summed E-state index contributed by atoms with van der Waals surface area (Å²) in [7, 11) is 0. The molecule has 132 valence electrons. The molecule has 0 amide bonds. The van der Waals surface area contributed by atoms with Crippen LogP contribution in [0.15, 0.2) is 11.3 Å². The first-order valence-corrected chi connectivity index (χ1v) is 8.54. The highest BCUT2D eigenvalue weighted by molar-refractivity contribution is 5.89. The highest BCUT2D eigenvalue weighted by Crippen LogP contribution is 2.25. The fourth-order valence-corrected chi connectivity index (χ4v) is 2.56. The second-order valence-electron chi connectivity index (χ2n) is 7.28. The van der Waals surface area contributed by atoms with Gasteiger partial charge in [-0.3, -0.25) is 0 Å². The monoisotopic (exact) mass is 325 g/mol. The molecule has 0 heterocycles. The van der Waals surface area contributed by atoms with E-state index in [0.717, 1.165) is 25.0 Å². The van der Waals surface area contributed by atoms with Crippen LogP contribution in [0.2, 0.25) is 0 Å². The lowest BCUT2D eigenvalue weighted by Crippen LogP contribution is -2.45. The van der Waals surface area contributed by atoms with E-state index in [1.54, 1.807) is 6.92 Å². The highest BCUT2D eigenvalue weighted by atomic mass is 16.6. The molecule has 0 saturated carbocycles. The number of carbonyl (C=O) groups excluding carboxylic acids is 2. The maximum atomic E-state index is 12.5. The number of rotatable bonds is 6. The van der Waals surface area contributed by atoms with Crippen LogP contribution >= 0.6 is 0 Å². The maximum Gasteiger partial charge on any atom is 0.335 e. The quantitative estimate of drug-likeness (QED) is 0.759. The van der Waals surface area contributed by atoms with E-state index in [1.807, 2.05) is 34.6 Å². The average molecular weight is 325 g/mol. The van der Waals surface area contributed by atoms with Gasteiger partial charge in [0.2, 0.25) is 0 Å². The molecule has 0 aromatic heterocycles. The van der Waals surface area contributed by atoms with E-state index < -0.39 is 11.6 Å². The Morgan fingerprint density at radius 3 is 2.30 bits per heavy atom. The topological polar surface area (TPSA) is 64.6 Å². The molecule has 1 rings (SSSR count). The molecule has 0 aliphatic heterocycles. The molecule has 0 spiro atoms. The van der Waals surface area contributed by atoms with Gasteiger partial charge in [0.1, 0.15) is 11.6 Å². The zero-order valence-corrected chi connectivity index (χ0v) is 15.3. The summed E-state index contributed by atoms with van der Waals surface area (Å²) in [5, 5.41) is 3.27. The van der Waals surface area contributed by atoms with Crippen molar-refractivity contribution in [3.05, 3.63) is 11.3 Å². The maximum absolute atomic E-state index is 12.5. The van der Waals surface area contributed by atoms with Crippen molar-refractivity contribution < 1.29 is 19.1 Å². The van der Waals surface area contributed by atoms with Crippen molar-refractivity contribution in [2.45, 2.75) is 78.9 Å². The van der Waals surface area contributed by atoms with Gasteiger partial charge in [0, 0.05) is 5.70 Å². The van der Waals surface area contributed by atoms with Crippen LogP contribution in [0.3, 0.4) is 0 Å². The lowest BCUT2D eigenvalue weighted by Gasteiger charge is -2.30. The molecule has 0 bridgehead atoms. The molecule has 5 nitrogen and oxygen atoms in total.